The summed E-state index contributed by atoms with van der Waals surface area (Å²) in [5, 5.41) is 0. The lowest BCUT2D eigenvalue weighted by Gasteiger charge is -2.04. The highest BCUT2D eigenvalue weighted by molar-refractivity contribution is 7.47. The number of hydrogen-bond acceptors (Lipinski definition) is 7. The van der Waals surface area contributed by atoms with Crippen molar-refractivity contribution < 1.29 is 14.2 Å². The summed E-state index contributed by atoms with van der Waals surface area (Å²) in [6, 6.07) is 0. The first-order chi connectivity index (χ1) is 7.41. The Balaban J connectivity index is 2.86. The summed E-state index contributed by atoms with van der Waals surface area (Å²) in [7, 11) is 0. The van der Waals surface area contributed by atoms with Crippen LogP contribution in [-0.2, 0) is 39.1 Å². The van der Waals surface area contributed by atoms with Crippen LogP contribution in [0.5, 0.6) is 0 Å². The summed E-state index contributed by atoms with van der Waals surface area (Å²) >= 11 is 8.81. The van der Waals surface area contributed by atoms with Gasteiger partial charge in [0.25, 0.3) is 0 Å². The lowest BCUT2D eigenvalue weighted by atomic mass is 10.7. The molecule has 0 heterocycles. The van der Waals surface area contributed by atoms with Gasteiger partial charge in [0.15, 0.2) is 0 Å². The fourth-order valence-corrected chi connectivity index (χ4v) is 0.895. The van der Waals surface area contributed by atoms with Gasteiger partial charge in [0.05, 0.1) is 52.7 Å². The van der Waals surface area contributed by atoms with Crippen LogP contribution in [0.2, 0.25) is 0 Å². The van der Waals surface area contributed by atoms with Gasteiger partial charge in [0, 0.05) is 24.9 Å². The standard InChI is InChI=1S/C8H16N2O3S2/c14-9-1-3-11-5-7-13-8-6-12-4-2-10-15/h1-8H2. The van der Waals surface area contributed by atoms with Gasteiger partial charge in [0.1, 0.15) is 0 Å². The summed E-state index contributed by atoms with van der Waals surface area (Å²) in [6.45, 7) is 4.48. The van der Waals surface area contributed by atoms with Gasteiger partial charge >= 0.3 is 0 Å². The third kappa shape index (κ3) is 13.9. The van der Waals surface area contributed by atoms with Gasteiger partial charge in [-0.3, -0.25) is 0 Å². The molecule has 0 aromatic rings. The Kier molecular flexibility index (Phi) is 13.8. The number of nitrogens with zero attached hydrogens (tertiary/aromatic N) is 2. The molecule has 0 bridgehead atoms. The average Bonchev–Trinajstić information content (AvgIpc) is 2.26. The molecule has 0 saturated heterocycles. The van der Waals surface area contributed by atoms with Crippen molar-refractivity contribution in [2.24, 2.45) is 8.73 Å². The Morgan fingerprint density at radius 2 is 0.933 bits per heavy atom. The second-order valence-electron chi connectivity index (χ2n) is 2.54. The first-order valence-electron chi connectivity index (χ1n) is 4.73. The zero-order chi connectivity index (χ0) is 11.2. The zero-order valence-electron chi connectivity index (χ0n) is 8.59. The van der Waals surface area contributed by atoms with E-state index in [-0.39, 0.29) is 0 Å². The molecule has 0 aliphatic carbocycles. The van der Waals surface area contributed by atoms with E-state index in [9.17, 15) is 0 Å². The van der Waals surface area contributed by atoms with Crippen LogP contribution in [0.15, 0.2) is 8.73 Å². The van der Waals surface area contributed by atoms with Crippen molar-refractivity contribution in [3.05, 3.63) is 0 Å². The molecule has 88 valence electrons. The molecule has 7 heteroatoms. The molecule has 0 amide bonds. The van der Waals surface area contributed by atoms with Crippen molar-refractivity contribution in [1.29, 1.82) is 0 Å². The van der Waals surface area contributed by atoms with Gasteiger partial charge in [-0.15, -0.1) is 0 Å². The molecule has 15 heavy (non-hydrogen) atoms. The molecular weight excluding hydrogens is 236 g/mol. The van der Waals surface area contributed by atoms with Crippen molar-refractivity contribution in [2.75, 3.05) is 52.7 Å². The molecular formula is C8H16N2O3S2. The maximum absolute atomic E-state index is 5.23. The minimum absolute atomic E-state index is 0.559. The van der Waals surface area contributed by atoms with Crippen molar-refractivity contribution >= 4 is 24.9 Å². The van der Waals surface area contributed by atoms with Crippen LogP contribution in [0.3, 0.4) is 0 Å². The molecule has 0 radical (unpaired) electrons. The number of hydrogen-bond donors (Lipinski definition) is 0. The van der Waals surface area contributed by atoms with Crippen molar-refractivity contribution in [2.45, 2.75) is 0 Å². The first kappa shape index (κ1) is 14.9. The fraction of sp³-hybridized carbons (Fsp3) is 1.00. The van der Waals surface area contributed by atoms with Crippen LogP contribution >= 0.6 is 0 Å². The Hall–Kier alpha value is -0.0800. The first-order valence-corrected chi connectivity index (χ1v) is 5.46. The van der Waals surface area contributed by atoms with E-state index >= 15 is 0 Å². The highest BCUT2D eigenvalue weighted by Crippen LogP contribution is 1.82. The normalized spacial score (nSPS) is 10.1. The Morgan fingerprint density at radius 3 is 1.27 bits per heavy atom. The second kappa shape index (κ2) is 13.9. The van der Waals surface area contributed by atoms with E-state index in [1.54, 1.807) is 0 Å². The van der Waals surface area contributed by atoms with E-state index in [1.165, 1.54) is 0 Å². The Labute approximate surface area is 101 Å². The van der Waals surface area contributed by atoms with Gasteiger partial charge in [-0.1, -0.05) is 0 Å². The maximum Gasteiger partial charge on any atom is 0.0755 e. The van der Waals surface area contributed by atoms with Crippen molar-refractivity contribution in [1.82, 2.24) is 0 Å². The summed E-state index contributed by atoms with van der Waals surface area (Å²) in [6.07, 6.45) is 0. The van der Waals surface area contributed by atoms with Crippen LogP contribution in [0.25, 0.3) is 0 Å². The van der Waals surface area contributed by atoms with Gasteiger partial charge in [-0.2, -0.15) is 0 Å². The minimum Gasteiger partial charge on any atom is -0.377 e. The SMILES string of the molecule is S=NCCOCCOCCOCCN=S. The average molecular weight is 252 g/mol. The number of ether oxygens (including phenoxy) is 3. The van der Waals surface area contributed by atoms with E-state index in [1.807, 2.05) is 0 Å². The van der Waals surface area contributed by atoms with Crippen molar-refractivity contribution in [3.8, 4) is 0 Å². The second-order valence-corrected chi connectivity index (χ2v) is 3.06. The molecule has 0 aromatic carbocycles. The van der Waals surface area contributed by atoms with E-state index in [4.69, 9.17) is 14.2 Å². The van der Waals surface area contributed by atoms with Crippen LogP contribution in [0.1, 0.15) is 0 Å². The lowest BCUT2D eigenvalue weighted by molar-refractivity contribution is 0.0177. The minimum atomic E-state index is 0.559. The monoisotopic (exact) mass is 252 g/mol. The predicted molar refractivity (Wildman–Crippen MR) is 61.8 cm³/mol. The molecule has 0 rings (SSSR count). The molecule has 0 saturated carbocycles. The molecule has 0 N–H and O–H groups in total. The predicted octanol–water partition coefficient (Wildman–Crippen LogP) is 0.497. The maximum atomic E-state index is 5.23. The molecule has 5 nitrogen and oxygen atoms in total. The number of rotatable bonds is 12. The molecule has 0 aliphatic rings. The summed E-state index contributed by atoms with van der Waals surface area (Å²) in [4.78, 5) is 0. The summed E-state index contributed by atoms with van der Waals surface area (Å²) < 4.78 is 22.5. The van der Waals surface area contributed by atoms with E-state index in [0.29, 0.717) is 52.7 Å². The summed E-state index contributed by atoms with van der Waals surface area (Å²) in [5.41, 5.74) is 0. The quantitative estimate of drug-likeness (QED) is 0.473. The molecule has 0 unspecified atom stereocenters. The summed E-state index contributed by atoms with van der Waals surface area (Å²) in [5.74, 6) is 0. The van der Waals surface area contributed by atoms with E-state index in [0.717, 1.165) is 0 Å². The van der Waals surface area contributed by atoms with Crippen molar-refractivity contribution in [3.63, 3.8) is 0 Å². The molecule has 0 spiro atoms. The van der Waals surface area contributed by atoms with Crippen LogP contribution in [0.4, 0.5) is 0 Å². The third-order valence-electron chi connectivity index (χ3n) is 1.40. The third-order valence-corrected chi connectivity index (χ3v) is 1.76. The van der Waals surface area contributed by atoms with Crippen LogP contribution in [0, 0.1) is 0 Å². The van der Waals surface area contributed by atoms with Crippen LogP contribution in [-0.4, -0.2) is 52.7 Å². The smallest absolute Gasteiger partial charge is 0.0755 e. The molecule has 0 aliphatic heterocycles. The molecule has 0 aromatic heterocycles. The van der Waals surface area contributed by atoms with Gasteiger partial charge in [0.2, 0.25) is 0 Å². The topological polar surface area (TPSA) is 52.4 Å². The molecule has 0 fully saturated rings. The zero-order valence-corrected chi connectivity index (χ0v) is 10.2. The fourth-order valence-electron chi connectivity index (χ4n) is 0.746. The van der Waals surface area contributed by atoms with E-state index in [2.05, 4.69) is 33.6 Å². The van der Waals surface area contributed by atoms with Gasteiger partial charge in [-0.05, 0) is 0 Å². The highest BCUT2D eigenvalue weighted by atomic mass is 32.1. The van der Waals surface area contributed by atoms with Crippen LogP contribution < -0.4 is 0 Å². The Bertz CT molecular complexity index is 145. The van der Waals surface area contributed by atoms with E-state index < -0.39 is 0 Å². The highest BCUT2D eigenvalue weighted by Gasteiger charge is 1.90. The van der Waals surface area contributed by atoms with Gasteiger partial charge in [-0.25, -0.2) is 8.73 Å². The van der Waals surface area contributed by atoms with Gasteiger partial charge < -0.3 is 14.2 Å². The Morgan fingerprint density at radius 1 is 0.600 bits per heavy atom. The largest absolute Gasteiger partial charge is 0.377 e. The lowest BCUT2D eigenvalue weighted by Crippen LogP contribution is -2.11. The molecule has 0 atom stereocenters.